The average molecular weight is 389 g/mol. The third kappa shape index (κ3) is 5.82. The zero-order chi connectivity index (χ0) is 20.5. The SMILES string of the molecule is CCN(CC)c1ccc(NC(=O)c2ccc(NCCc3ccccc3)cn2)cc1. The van der Waals surface area contributed by atoms with E-state index in [1.165, 1.54) is 5.56 Å². The summed E-state index contributed by atoms with van der Waals surface area (Å²) in [6, 6.07) is 21.8. The van der Waals surface area contributed by atoms with Gasteiger partial charge in [-0.25, -0.2) is 4.98 Å². The molecule has 0 fully saturated rings. The number of carbonyl (C=O) groups excluding carboxylic acids is 1. The largest absolute Gasteiger partial charge is 0.383 e. The number of pyridine rings is 1. The number of carbonyl (C=O) groups is 1. The highest BCUT2D eigenvalue weighted by Gasteiger charge is 2.08. The van der Waals surface area contributed by atoms with Crippen molar-refractivity contribution in [3.8, 4) is 0 Å². The zero-order valence-corrected chi connectivity index (χ0v) is 17.1. The van der Waals surface area contributed by atoms with E-state index in [1.807, 2.05) is 48.5 Å². The van der Waals surface area contributed by atoms with Crippen molar-refractivity contribution in [2.75, 3.05) is 35.2 Å². The van der Waals surface area contributed by atoms with Gasteiger partial charge >= 0.3 is 0 Å². The van der Waals surface area contributed by atoms with Crippen LogP contribution in [0.3, 0.4) is 0 Å². The van der Waals surface area contributed by atoms with Crippen molar-refractivity contribution >= 4 is 23.0 Å². The van der Waals surface area contributed by atoms with Crippen LogP contribution in [0.2, 0.25) is 0 Å². The first-order valence-corrected chi connectivity index (χ1v) is 10.1. The van der Waals surface area contributed by atoms with Crippen LogP contribution in [0.1, 0.15) is 29.9 Å². The lowest BCUT2D eigenvalue weighted by molar-refractivity contribution is 0.102. The summed E-state index contributed by atoms with van der Waals surface area (Å²) in [4.78, 5) is 19.0. The topological polar surface area (TPSA) is 57.3 Å². The molecule has 0 saturated heterocycles. The first-order chi connectivity index (χ1) is 14.2. The lowest BCUT2D eigenvalue weighted by atomic mass is 10.1. The molecule has 5 nitrogen and oxygen atoms in total. The number of hydrogen-bond acceptors (Lipinski definition) is 4. The minimum Gasteiger partial charge on any atom is -0.383 e. The summed E-state index contributed by atoms with van der Waals surface area (Å²) in [5, 5.41) is 6.24. The number of amides is 1. The van der Waals surface area contributed by atoms with Crippen molar-refractivity contribution in [3.05, 3.63) is 84.2 Å². The highest BCUT2D eigenvalue weighted by atomic mass is 16.1. The number of aromatic nitrogens is 1. The van der Waals surface area contributed by atoms with Gasteiger partial charge in [0.25, 0.3) is 5.91 Å². The molecule has 2 N–H and O–H groups in total. The van der Waals surface area contributed by atoms with Crippen LogP contribution in [-0.2, 0) is 6.42 Å². The molecule has 0 bridgehead atoms. The Hall–Kier alpha value is -3.34. The summed E-state index contributed by atoms with van der Waals surface area (Å²) in [5.41, 5.74) is 4.50. The van der Waals surface area contributed by atoms with E-state index in [4.69, 9.17) is 0 Å². The molecule has 150 valence electrons. The summed E-state index contributed by atoms with van der Waals surface area (Å²) in [7, 11) is 0. The minimum atomic E-state index is -0.212. The third-order valence-corrected chi connectivity index (χ3v) is 4.84. The molecular formula is C24H28N4O. The lowest BCUT2D eigenvalue weighted by Gasteiger charge is -2.21. The quantitative estimate of drug-likeness (QED) is 0.551. The van der Waals surface area contributed by atoms with Gasteiger partial charge in [0.1, 0.15) is 5.69 Å². The number of nitrogens with zero attached hydrogens (tertiary/aromatic N) is 2. The van der Waals surface area contributed by atoms with E-state index in [0.717, 1.165) is 43.1 Å². The molecule has 1 amide bonds. The molecule has 0 aliphatic carbocycles. The van der Waals surface area contributed by atoms with Gasteiger partial charge < -0.3 is 15.5 Å². The van der Waals surface area contributed by atoms with Gasteiger partial charge in [-0.15, -0.1) is 0 Å². The Kier molecular flexibility index (Phi) is 7.22. The summed E-state index contributed by atoms with van der Waals surface area (Å²) in [6.07, 6.45) is 2.63. The molecule has 2 aromatic carbocycles. The second-order valence-corrected chi connectivity index (χ2v) is 6.77. The van der Waals surface area contributed by atoms with Crippen LogP contribution in [0.4, 0.5) is 17.1 Å². The van der Waals surface area contributed by atoms with E-state index in [-0.39, 0.29) is 5.91 Å². The first-order valence-electron chi connectivity index (χ1n) is 10.1. The predicted octanol–water partition coefficient (Wildman–Crippen LogP) is 4.83. The summed E-state index contributed by atoms with van der Waals surface area (Å²) < 4.78 is 0. The van der Waals surface area contributed by atoms with Crippen molar-refractivity contribution in [1.29, 1.82) is 0 Å². The molecule has 1 aromatic heterocycles. The molecule has 0 saturated carbocycles. The number of anilines is 3. The molecule has 0 atom stereocenters. The van der Waals surface area contributed by atoms with Crippen LogP contribution in [0.5, 0.6) is 0 Å². The average Bonchev–Trinajstić information content (AvgIpc) is 2.77. The molecule has 0 unspecified atom stereocenters. The van der Waals surface area contributed by atoms with Gasteiger partial charge in [0.15, 0.2) is 0 Å². The fourth-order valence-corrected chi connectivity index (χ4v) is 3.17. The summed E-state index contributed by atoms with van der Waals surface area (Å²) >= 11 is 0. The molecule has 0 aliphatic heterocycles. The summed E-state index contributed by atoms with van der Waals surface area (Å²) in [5.74, 6) is -0.212. The molecule has 0 radical (unpaired) electrons. The first kappa shape index (κ1) is 20.4. The van der Waals surface area contributed by atoms with Crippen molar-refractivity contribution in [3.63, 3.8) is 0 Å². The fourth-order valence-electron chi connectivity index (χ4n) is 3.17. The Morgan fingerprint density at radius 2 is 1.59 bits per heavy atom. The Morgan fingerprint density at radius 3 is 2.21 bits per heavy atom. The second kappa shape index (κ2) is 10.3. The van der Waals surface area contributed by atoms with Gasteiger partial charge in [-0.05, 0) is 62.2 Å². The predicted molar refractivity (Wildman–Crippen MR) is 121 cm³/mol. The number of benzene rings is 2. The van der Waals surface area contributed by atoms with E-state index in [0.29, 0.717) is 5.69 Å². The maximum atomic E-state index is 12.5. The van der Waals surface area contributed by atoms with Gasteiger partial charge in [-0.2, -0.15) is 0 Å². The van der Waals surface area contributed by atoms with Gasteiger partial charge in [-0.1, -0.05) is 30.3 Å². The molecule has 0 aliphatic rings. The highest BCUT2D eigenvalue weighted by molar-refractivity contribution is 6.03. The van der Waals surface area contributed by atoms with Crippen LogP contribution in [0.15, 0.2) is 72.9 Å². The molecule has 1 heterocycles. The fraction of sp³-hybridized carbons (Fsp3) is 0.250. The van der Waals surface area contributed by atoms with Crippen molar-refractivity contribution < 1.29 is 4.79 Å². The lowest BCUT2D eigenvalue weighted by Crippen LogP contribution is -2.21. The van der Waals surface area contributed by atoms with Crippen LogP contribution >= 0.6 is 0 Å². The van der Waals surface area contributed by atoms with E-state index in [9.17, 15) is 4.79 Å². The zero-order valence-electron chi connectivity index (χ0n) is 17.1. The maximum absolute atomic E-state index is 12.5. The Labute approximate surface area is 172 Å². The van der Waals surface area contributed by atoms with Crippen LogP contribution < -0.4 is 15.5 Å². The van der Waals surface area contributed by atoms with Gasteiger partial charge in [-0.3, -0.25) is 4.79 Å². The maximum Gasteiger partial charge on any atom is 0.274 e. The number of nitrogens with one attached hydrogen (secondary N) is 2. The van der Waals surface area contributed by atoms with Crippen molar-refractivity contribution in [2.45, 2.75) is 20.3 Å². The molecule has 5 heteroatoms. The Bertz CT molecular complexity index is 888. The monoisotopic (exact) mass is 388 g/mol. The number of rotatable bonds is 9. The van der Waals surface area contributed by atoms with Gasteiger partial charge in [0, 0.05) is 31.0 Å². The molecular weight excluding hydrogens is 360 g/mol. The van der Waals surface area contributed by atoms with E-state index >= 15 is 0 Å². The van der Waals surface area contributed by atoms with E-state index < -0.39 is 0 Å². The van der Waals surface area contributed by atoms with E-state index in [1.54, 1.807) is 12.3 Å². The second-order valence-electron chi connectivity index (χ2n) is 6.77. The van der Waals surface area contributed by atoms with Crippen molar-refractivity contribution in [2.24, 2.45) is 0 Å². The van der Waals surface area contributed by atoms with Crippen LogP contribution in [0, 0.1) is 0 Å². The minimum absolute atomic E-state index is 0.212. The molecule has 3 aromatic rings. The van der Waals surface area contributed by atoms with Gasteiger partial charge in [0.2, 0.25) is 0 Å². The molecule has 29 heavy (non-hydrogen) atoms. The van der Waals surface area contributed by atoms with Gasteiger partial charge in [0.05, 0.1) is 11.9 Å². The smallest absolute Gasteiger partial charge is 0.274 e. The standard InChI is InChI=1S/C24H28N4O/c1-3-28(4-2)22-13-10-20(11-14-22)27-24(29)23-15-12-21(18-26-23)25-17-16-19-8-6-5-7-9-19/h5-15,18,25H,3-4,16-17H2,1-2H3,(H,27,29). The van der Waals surface area contributed by atoms with Crippen LogP contribution in [-0.4, -0.2) is 30.5 Å². The Balaban J connectivity index is 1.52. The summed E-state index contributed by atoms with van der Waals surface area (Å²) in [6.45, 7) is 6.99. The highest BCUT2D eigenvalue weighted by Crippen LogP contribution is 2.18. The third-order valence-electron chi connectivity index (χ3n) is 4.84. The Morgan fingerprint density at radius 1 is 0.897 bits per heavy atom. The molecule has 3 rings (SSSR count). The number of hydrogen-bond donors (Lipinski definition) is 2. The molecule has 0 spiro atoms. The van der Waals surface area contributed by atoms with E-state index in [2.05, 4.69) is 46.5 Å². The normalized spacial score (nSPS) is 10.4. The van der Waals surface area contributed by atoms with Crippen molar-refractivity contribution in [1.82, 2.24) is 4.98 Å². The van der Waals surface area contributed by atoms with Crippen LogP contribution in [0.25, 0.3) is 0 Å².